The average molecular weight is 271 g/mol. The largest absolute Gasteiger partial charge is 0.305 e. The summed E-state index contributed by atoms with van der Waals surface area (Å²) in [5, 5.41) is 3.73. The molecule has 0 aliphatic heterocycles. The summed E-state index contributed by atoms with van der Waals surface area (Å²) in [4.78, 5) is 2.90. The predicted octanol–water partition coefficient (Wildman–Crippen LogP) is 4.45. The van der Waals surface area contributed by atoms with Crippen LogP contribution in [0.3, 0.4) is 0 Å². The molecule has 100 valence electrons. The highest BCUT2D eigenvalue weighted by Crippen LogP contribution is 2.32. The second-order valence-corrected chi connectivity index (χ2v) is 6.97. The van der Waals surface area contributed by atoms with Gasteiger partial charge in [0, 0.05) is 22.3 Å². The van der Waals surface area contributed by atoms with Gasteiger partial charge in [-0.05, 0) is 56.4 Å². The van der Waals surface area contributed by atoms with Crippen molar-refractivity contribution >= 4 is 11.3 Å². The van der Waals surface area contributed by atoms with Gasteiger partial charge in [0.15, 0.2) is 0 Å². The van der Waals surface area contributed by atoms with E-state index in [4.69, 9.17) is 0 Å². The fourth-order valence-corrected chi connectivity index (χ4v) is 3.90. The summed E-state index contributed by atoms with van der Waals surface area (Å²) in [5.41, 5.74) is 5.84. The van der Waals surface area contributed by atoms with Gasteiger partial charge >= 0.3 is 0 Å². The third-order valence-corrected chi connectivity index (χ3v) is 5.27. The second kappa shape index (κ2) is 5.10. The van der Waals surface area contributed by atoms with Crippen LogP contribution in [0.15, 0.2) is 24.3 Å². The first-order valence-electron chi connectivity index (χ1n) is 7.02. The molecule has 3 rings (SSSR count). The van der Waals surface area contributed by atoms with Gasteiger partial charge in [-0.3, -0.25) is 0 Å². The SMILES string of the molecule is Cc1ccc2c(c1)C(NCc1cc(C)c(C)s1)CC2. The summed E-state index contributed by atoms with van der Waals surface area (Å²) in [6.07, 6.45) is 2.46. The predicted molar refractivity (Wildman–Crippen MR) is 82.9 cm³/mol. The summed E-state index contributed by atoms with van der Waals surface area (Å²) in [6, 6.07) is 9.74. The van der Waals surface area contributed by atoms with E-state index in [2.05, 4.69) is 50.4 Å². The third kappa shape index (κ3) is 2.60. The first-order chi connectivity index (χ1) is 9.13. The zero-order valence-electron chi connectivity index (χ0n) is 11.9. The normalized spacial score (nSPS) is 17.7. The van der Waals surface area contributed by atoms with Crippen LogP contribution in [-0.4, -0.2) is 0 Å². The zero-order valence-corrected chi connectivity index (χ0v) is 12.7. The summed E-state index contributed by atoms with van der Waals surface area (Å²) < 4.78 is 0. The van der Waals surface area contributed by atoms with Gasteiger partial charge in [-0.25, -0.2) is 0 Å². The van der Waals surface area contributed by atoms with Gasteiger partial charge in [0.1, 0.15) is 0 Å². The van der Waals surface area contributed by atoms with E-state index >= 15 is 0 Å². The van der Waals surface area contributed by atoms with Crippen molar-refractivity contribution in [3.8, 4) is 0 Å². The molecule has 1 unspecified atom stereocenters. The lowest BCUT2D eigenvalue weighted by molar-refractivity contribution is 0.533. The fourth-order valence-electron chi connectivity index (χ4n) is 2.89. The Kier molecular flexibility index (Phi) is 3.46. The minimum absolute atomic E-state index is 0.539. The first-order valence-corrected chi connectivity index (χ1v) is 7.84. The molecule has 1 heterocycles. The Bertz CT molecular complexity index is 578. The van der Waals surface area contributed by atoms with Gasteiger partial charge in [-0.15, -0.1) is 11.3 Å². The number of nitrogens with one attached hydrogen (secondary N) is 1. The van der Waals surface area contributed by atoms with E-state index in [0.29, 0.717) is 6.04 Å². The molecular formula is C17H21NS. The molecule has 1 aromatic heterocycles. The molecule has 2 heteroatoms. The van der Waals surface area contributed by atoms with E-state index in [0.717, 1.165) is 6.54 Å². The van der Waals surface area contributed by atoms with E-state index in [1.54, 1.807) is 0 Å². The summed E-state index contributed by atoms with van der Waals surface area (Å²) >= 11 is 1.92. The number of hydrogen-bond acceptors (Lipinski definition) is 2. The molecule has 1 aliphatic carbocycles. The van der Waals surface area contributed by atoms with E-state index < -0.39 is 0 Å². The quantitative estimate of drug-likeness (QED) is 0.869. The Labute approximate surface area is 119 Å². The number of thiophene rings is 1. The van der Waals surface area contributed by atoms with Crippen LogP contribution in [0.2, 0.25) is 0 Å². The Hall–Kier alpha value is -1.12. The van der Waals surface area contributed by atoms with Crippen LogP contribution in [0.1, 0.15) is 44.5 Å². The molecule has 1 nitrogen and oxygen atoms in total. The van der Waals surface area contributed by atoms with Crippen LogP contribution in [0.4, 0.5) is 0 Å². The van der Waals surface area contributed by atoms with Gasteiger partial charge in [0.25, 0.3) is 0 Å². The lowest BCUT2D eigenvalue weighted by Crippen LogP contribution is -2.18. The fraction of sp³-hybridized carbons (Fsp3) is 0.412. The molecule has 0 saturated carbocycles. The second-order valence-electron chi connectivity index (χ2n) is 5.63. The Morgan fingerprint density at radius 3 is 2.79 bits per heavy atom. The maximum atomic E-state index is 3.73. The van der Waals surface area contributed by atoms with Gasteiger partial charge in [-0.1, -0.05) is 23.8 Å². The number of benzene rings is 1. The van der Waals surface area contributed by atoms with Crippen molar-refractivity contribution in [3.05, 3.63) is 56.3 Å². The highest BCUT2D eigenvalue weighted by molar-refractivity contribution is 7.12. The van der Waals surface area contributed by atoms with E-state index in [-0.39, 0.29) is 0 Å². The molecule has 0 saturated heterocycles. The summed E-state index contributed by atoms with van der Waals surface area (Å²) in [5.74, 6) is 0. The van der Waals surface area contributed by atoms with E-state index in [1.807, 2.05) is 11.3 Å². The molecule has 0 fully saturated rings. The Morgan fingerprint density at radius 1 is 1.21 bits per heavy atom. The van der Waals surface area contributed by atoms with Crippen molar-refractivity contribution in [2.24, 2.45) is 0 Å². The molecule has 2 aromatic rings. The van der Waals surface area contributed by atoms with Crippen molar-refractivity contribution in [1.82, 2.24) is 5.32 Å². The van der Waals surface area contributed by atoms with Gasteiger partial charge in [-0.2, -0.15) is 0 Å². The van der Waals surface area contributed by atoms with E-state index in [1.165, 1.54) is 44.8 Å². The maximum absolute atomic E-state index is 3.73. The van der Waals surface area contributed by atoms with Crippen LogP contribution in [0.25, 0.3) is 0 Å². The van der Waals surface area contributed by atoms with Crippen molar-refractivity contribution in [3.63, 3.8) is 0 Å². The summed E-state index contributed by atoms with van der Waals surface area (Å²) in [6.45, 7) is 7.58. The van der Waals surface area contributed by atoms with Gasteiger partial charge in [0.05, 0.1) is 0 Å². The number of rotatable bonds is 3. The third-order valence-electron chi connectivity index (χ3n) is 4.12. The highest BCUT2D eigenvalue weighted by atomic mass is 32.1. The maximum Gasteiger partial charge on any atom is 0.0329 e. The Morgan fingerprint density at radius 2 is 2.05 bits per heavy atom. The summed E-state index contributed by atoms with van der Waals surface area (Å²) in [7, 11) is 0. The molecule has 1 N–H and O–H groups in total. The molecule has 0 amide bonds. The average Bonchev–Trinajstić information content (AvgIpc) is 2.91. The van der Waals surface area contributed by atoms with Crippen LogP contribution in [-0.2, 0) is 13.0 Å². The van der Waals surface area contributed by atoms with Crippen LogP contribution in [0, 0.1) is 20.8 Å². The standard InChI is InChI=1S/C17H21NS/c1-11-4-5-14-6-7-17(16(14)8-11)18-10-15-9-12(2)13(3)19-15/h4-5,8-9,17-18H,6-7,10H2,1-3H3. The Balaban J connectivity index is 1.71. The molecule has 1 aromatic carbocycles. The van der Waals surface area contributed by atoms with Crippen molar-refractivity contribution in [2.45, 2.75) is 46.2 Å². The van der Waals surface area contributed by atoms with Gasteiger partial charge < -0.3 is 5.32 Å². The molecular weight excluding hydrogens is 250 g/mol. The smallest absolute Gasteiger partial charge is 0.0329 e. The first kappa shape index (κ1) is 12.9. The van der Waals surface area contributed by atoms with Crippen molar-refractivity contribution < 1.29 is 0 Å². The molecule has 0 spiro atoms. The number of aryl methyl sites for hydroxylation is 4. The van der Waals surface area contributed by atoms with Gasteiger partial charge in [0.2, 0.25) is 0 Å². The monoisotopic (exact) mass is 271 g/mol. The lowest BCUT2D eigenvalue weighted by Gasteiger charge is -2.13. The molecule has 0 bridgehead atoms. The van der Waals surface area contributed by atoms with Crippen molar-refractivity contribution in [1.29, 1.82) is 0 Å². The zero-order chi connectivity index (χ0) is 13.4. The minimum Gasteiger partial charge on any atom is -0.305 e. The van der Waals surface area contributed by atoms with Crippen LogP contribution >= 0.6 is 11.3 Å². The number of fused-ring (bicyclic) bond motifs is 1. The highest BCUT2D eigenvalue weighted by Gasteiger charge is 2.21. The molecule has 1 aliphatic rings. The van der Waals surface area contributed by atoms with Crippen LogP contribution < -0.4 is 5.32 Å². The molecule has 1 atom stereocenters. The minimum atomic E-state index is 0.539. The topological polar surface area (TPSA) is 12.0 Å². The number of hydrogen-bond donors (Lipinski definition) is 1. The lowest BCUT2D eigenvalue weighted by atomic mass is 10.1. The van der Waals surface area contributed by atoms with Crippen molar-refractivity contribution in [2.75, 3.05) is 0 Å². The molecule has 19 heavy (non-hydrogen) atoms. The van der Waals surface area contributed by atoms with Crippen LogP contribution in [0.5, 0.6) is 0 Å². The van der Waals surface area contributed by atoms with E-state index in [9.17, 15) is 0 Å². The molecule has 0 radical (unpaired) electrons.